The molecule has 196 valence electrons. The fraction of sp³-hybridized carbons (Fsp3) is 0.320. The van der Waals surface area contributed by atoms with Crippen molar-refractivity contribution >= 4 is 29.8 Å². The number of nitrogen functional groups attached to an aromatic ring is 1. The van der Waals surface area contributed by atoms with Crippen LogP contribution in [-0.2, 0) is 9.53 Å². The van der Waals surface area contributed by atoms with Crippen LogP contribution in [0.25, 0.3) is 0 Å². The first kappa shape index (κ1) is 31.8. The number of hydrogen-bond donors (Lipinski definition) is 5. The molecule has 0 radical (unpaired) electrons. The summed E-state index contributed by atoms with van der Waals surface area (Å²) in [7, 11) is 5.02. The summed E-state index contributed by atoms with van der Waals surface area (Å²) in [6.07, 6.45) is 0.247. The third kappa shape index (κ3) is 12.8. The molecular weight excluding hydrogens is 462 g/mol. The van der Waals surface area contributed by atoms with E-state index in [-0.39, 0.29) is 12.2 Å². The third-order valence-corrected chi connectivity index (χ3v) is 3.96. The average molecular weight is 500 g/mol. The van der Waals surface area contributed by atoms with Crippen molar-refractivity contribution in [1.82, 2.24) is 15.3 Å². The molecule has 1 heterocycles. The molecule has 11 heteroatoms. The fourth-order valence-corrected chi connectivity index (χ4v) is 2.38. The van der Waals surface area contributed by atoms with Crippen LogP contribution in [0, 0.1) is 17.7 Å². The van der Waals surface area contributed by atoms with E-state index in [1.165, 1.54) is 0 Å². The van der Waals surface area contributed by atoms with E-state index in [1.807, 2.05) is 33.9 Å². The molecule has 0 aliphatic carbocycles. The Bertz CT molecular complexity index is 1020. The lowest BCUT2D eigenvalue weighted by Gasteiger charge is -2.06. The number of methoxy groups -OCH3 is 2. The maximum absolute atomic E-state index is 10.0. The maximum Gasteiger partial charge on any atom is 0.254 e. The number of nitrogens with one attached hydrogen (secondary N) is 4. The topological polar surface area (TPSA) is 168 Å². The van der Waals surface area contributed by atoms with Crippen molar-refractivity contribution in [1.29, 1.82) is 10.8 Å². The second-order valence-corrected chi connectivity index (χ2v) is 6.54. The summed E-state index contributed by atoms with van der Waals surface area (Å²) >= 11 is 0. The van der Waals surface area contributed by atoms with Gasteiger partial charge >= 0.3 is 0 Å². The van der Waals surface area contributed by atoms with Gasteiger partial charge in [0.05, 0.1) is 14.2 Å². The lowest BCUT2D eigenvalue weighted by Crippen LogP contribution is -2.18. The molecule has 0 bridgehead atoms. The number of hydrogen-bond acceptors (Lipinski definition) is 11. The van der Waals surface area contributed by atoms with Crippen molar-refractivity contribution in [3.05, 3.63) is 59.8 Å². The molecule has 0 saturated heterocycles. The van der Waals surface area contributed by atoms with Gasteiger partial charge in [-0.2, -0.15) is 4.98 Å². The van der Waals surface area contributed by atoms with Gasteiger partial charge in [-0.15, -0.1) is 0 Å². The second kappa shape index (κ2) is 19.1. The minimum Gasteiger partial charge on any atom is -0.493 e. The van der Waals surface area contributed by atoms with Gasteiger partial charge < -0.3 is 30.6 Å². The molecule has 2 aromatic rings. The van der Waals surface area contributed by atoms with Crippen LogP contribution in [0.15, 0.2) is 48.5 Å². The number of anilines is 2. The third-order valence-electron chi connectivity index (χ3n) is 3.96. The number of rotatable bonds is 8. The molecular formula is C25H37N7O4. The summed E-state index contributed by atoms with van der Waals surface area (Å²) in [5.41, 5.74) is 7.12. The lowest BCUT2D eigenvalue weighted by atomic mass is 10.2. The van der Waals surface area contributed by atoms with Gasteiger partial charge in [-0.1, -0.05) is 32.0 Å². The number of carbonyl (C=O) groups is 1. The van der Waals surface area contributed by atoms with E-state index in [0.29, 0.717) is 35.4 Å². The first-order valence-corrected chi connectivity index (χ1v) is 11.2. The number of ether oxygens (including phenoxy) is 3. The molecule has 36 heavy (non-hydrogen) atoms. The predicted molar refractivity (Wildman–Crippen MR) is 144 cm³/mol. The normalized spacial score (nSPS) is 9.06. The highest BCUT2D eigenvalue weighted by Gasteiger charge is 2.04. The fourth-order valence-electron chi connectivity index (χ4n) is 2.38. The molecule has 0 aliphatic heterocycles. The number of aldehydes is 1. The van der Waals surface area contributed by atoms with Crippen molar-refractivity contribution in [2.24, 2.45) is 0 Å². The number of benzene rings is 1. The summed E-state index contributed by atoms with van der Waals surface area (Å²) in [5.74, 6) is 1.14. The van der Waals surface area contributed by atoms with Crippen LogP contribution in [0.1, 0.15) is 25.1 Å². The molecule has 11 nitrogen and oxygen atoms in total. The molecule has 2 rings (SSSR count). The van der Waals surface area contributed by atoms with E-state index in [9.17, 15) is 4.79 Å². The first-order chi connectivity index (χ1) is 17.3. The molecule has 0 aliphatic rings. The number of nitrogens with two attached hydrogens (primary N) is 1. The molecule has 0 fully saturated rings. The van der Waals surface area contributed by atoms with Crippen LogP contribution in [0.4, 0.5) is 11.8 Å². The molecule has 1 aromatic carbocycles. The molecule has 0 amide bonds. The minimum absolute atomic E-state index is 0.197. The van der Waals surface area contributed by atoms with Crippen molar-refractivity contribution in [3.63, 3.8) is 0 Å². The van der Waals surface area contributed by atoms with E-state index in [2.05, 4.69) is 25.3 Å². The summed E-state index contributed by atoms with van der Waals surface area (Å²) < 4.78 is 15.2. The van der Waals surface area contributed by atoms with Gasteiger partial charge in [-0.3, -0.25) is 15.6 Å². The lowest BCUT2D eigenvalue weighted by molar-refractivity contribution is -0.103. The predicted octanol–water partition coefficient (Wildman–Crippen LogP) is 3.37. The molecule has 6 N–H and O–H groups in total. The number of nitrogens with zero attached hydrogens (tertiary/aromatic N) is 2. The maximum atomic E-state index is 10.0. The minimum atomic E-state index is -0.561. The quantitative estimate of drug-likeness (QED) is 0.158. The Morgan fingerprint density at radius 3 is 2.19 bits per heavy atom. The van der Waals surface area contributed by atoms with E-state index in [4.69, 9.17) is 26.0 Å². The average Bonchev–Trinajstić information content (AvgIpc) is 2.89. The van der Waals surface area contributed by atoms with Crippen LogP contribution >= 0.6 is 0 Å². The Morgan fingerprint density at radius 1 is 1.00 bits per heavy atom. The van der Waals surface area contributed by atoms with Crippen molar-refractivity contribution in [3.8, 4) is 11.5 Å². The summed E-state index contributed by atoms with van der Waals surface area (Å²) in [6.45, 7) is 7.34. The monoisotopic (exact) mass is 499 g/mol. The Labute approximate surface area is 212 Å². The largest absolute Gasteiger partial charge is 0.493 e. The smallest absolute Gasteiger partial charge is 0.254 e. The van der Waals surface area contributed by atoms with Gasteiger partial charge in [-0.25, -0.2) is 4.98 Å². The highest BCUT2D eigenvalue weighted by Crippen LogP contribution is 2.24. The Hall–Kier alpha value is -4.25. The van der Waals surface area contributed by atoms with Crippen LogP contribution < -0.4 is 25.8 Å². The molecule has 1 aromatic heterocycles. The molecule has 0 saturated carbocycles. The molecule has 0 atom stereocenters. The Kier molecular flexibility index (Phi) is 16.8. The van der Waals surface area contributed by atoms with Crippen LogP contribution in [0.3, 0.4) is 0 Å². The number of aromatic nitrogens is 2. The van der Waals surface area contributed by atoms with Crippen molar-refractivity contribution < 1.29 is 19.0 Å². The first-order valence-electron chi connectivity index (χ1n) is 11.2. The highest BCUT2D eigenvalue weighted by atomic mass is 16.5. The van der Waals surface area contributed by atoms with Gasteiger partial charge in [0, 0.05) is 30.4 Å². The van der Waals surface area contributed by atoms with Gasteiger partial charge in [0.15, 0.2) is 11.5 Å². The van der Waals surface area contributed by atoms with Crippen LogP contribution in [0.5, 0.6) is 11.5 Å². The Balaban J connectivity index is 0.000000698. The van der Waals surface area contributed by atoms with E-state index >= 15 is 0 Å². The van der Waals surface area contributed by atoms with Gasteiger partial charge in [0.2, 0.25) is 18.1 Å². The van der Waals surface area contributed by atoms with Gasteiger partial charge in [0.25, 0.3) is 5.90 Å². The summed E-state index contributed by atoms with van der Waals surface area (Å²) in [5, 5.41) is 20.4. The second-order valence-electron chi connectivity index (χ2n) is 6.54. The zero-order valence-electron chi connectivity index (χ0n) is 21.7. The van der Waals surface area contributed by atoms with Crippen LogP contribution in [0.2, 0.25) is 0 Å². The Morgan fingerprint density at radius 2 is 1.64 bits per heavy atom. The zero-order valence-corrected chi connectivity index (χ0v) is 21.7. The number of aryl methyl sites for hydroxylation is 1. The van der Waals surface area contributed by atoms with E-state index in [0.717, 1.165) is 12.2 Å². The van der Waals surface area contributed by atoms with Crippen LogP contribution in [-0.4, -0.2) is 62.4 Å². The van der Waals surface area contributed by atoms with Gasteiger partial charge in [0.1, 0.15) is 5.82 Å². The number of likely N-dealkylation sites (N-methyl/N-ethyl adjacent to an activating group) is 1. The highest BCUT2D eigenvalue weighted by molar-refractivity contribution is 6.25. The zero-order chi connectivity index (χ0) is 27.3. The SMILES string of the molecule is CC.CNCCNc1nc(C)cc(OC)c(OC)ccc(N)n1.N=C(C=O)OC(=N)c1ccccc1. The van der Waals surface area contributed by atoms with E-state index < -0.39 is 5.90 Å². The standard InChI is InChI=1S/C14H23N5O2.C9H8N2O2.C2H6/c1-10-9-12(21-4)11(20-3)5-6-13(15)19-14(18-10)17-8-7-16-2;10-8(6-12)13-9(11)7-4-2-1-3-5-7;1-2/h5-6,9,16H,7-8H2,1-4H3,(H3,15,17,18,19);1-6,10-11H;1-2H3. The molecule has 0 spiro atoms. The van der Waals surface area contributed by atoms with Crippen molar-refractivity contribution in [2.45, 2.75) is 20.8 Å². The summed E-state index contributed by atoms with van der Waals surface area (Å²) in [4.78, 5) is 18.7. The van der Waals surface area contributed by atoms with E-state index in [1.54, 1.807) is 56.7 Å². The van der Waals surface area contributed by atoms with Gasteiger partial charge in [-0.05, 0) is 38.2 Å². The molecule has 0 unspecified atom stereocenters. The summed E-state index contributed by atoms with van der Waals surface area (Å²) in [6, 6.07) is 13.8. The number of carbonyl (C=O) groups excluding carboxylic acids is 1. The van der Waals surface area contributed by atoms with Crippen molar-refractivity contribution in [2.75, 3.05) is 45.4 Å².